The maximum atomic E-state index is 13.1. The van der Waals surface area contributed by atoms with Gasteiger partial charge in [-0.15, -0.1) is 11.6 Å². The standard InChI is InChI=1S/C12H13ClF3NO2/c1-19-5-4-17(3-2-13)12(18)8-6-9(14)11(16)10(15)7-8/h6-7H,2-5H2,1H3. The summed E-state index contributed by atoms with van der Waals surface area (Å²) in [6.07, 6.45) is 0. The van der Waals surface area contributed by atoms with Crippen molar-refractivity contribution in [1.29, 1.82) is 0 Å². The molecule has 0 spiro atoms. The van der Waals surface area contributed by atoms with Crippen molar-refractivity contribution in [2.24, 2.45) is 0 Å². The van der Waals surface area contributed by atoms with E-state index in [1.165, 1.54) is 12.0 Å². The quantitative estimate of drug-likeness (QED) is 0.596. The van der Waals surface area contributed by atoms with E-state index in [2.05, 4.69) is 0 Å². The zero-order chi connectivity index (χ0) is 14.4. The second-order valence-electron chi connectivity index (χ2n) is 3.73. The molecular weight excluding hydrogens is 283 g/mol. The summed E-state index contributed by atoms with van der Waals surface area (Å²) in [6.45, 7) is 0.682. The number of amides is 1. The Bertz CT molecular complexity index is 434. The molecule has 0 saturated carbocycles. The van der Waals surface area contributed by atoms with Crippen LogP contribution >= 0.6 is 11.6 Å². The fourth-order valence-corrected chi connectivity index (χ4v) is 1.68. The highest BCUT2D eigenvalue weighted by Crippen LogP contribution is 2.15. The van der Waals surface area contributed by atoms with Crippen LogP contribution in [0.1, 0.15) is 10.4 Å². The highest BCUT2D eigenvalue weighted by atomic mass is 35.5. The average Bonchev–Trinajstić information content (AvgIpc) is 2.39. The molecule has 1 aromatic carbocycles. The van der Waals surface area contributed by atoms with Crippen molar-refractivity contribution in [3.05, 3.63) is 35.1 Å². The van der Waals surface area contributed by atoms with Crippen molar-refractivity contribution in [3.8, 4) is 0 Å². The van der Waals surface area contributed by atoms with Crippen molar-refractivity contribution in [2.75, 3.05) is 32.7 Å². The van der Waals surface area contributed by atoms with Crippen LogP contribution in [-0.4, -0.2) is 43.5 Å². The predicted octanol–water partition coefficient (Wildman–Crippen LogP) is 2.43. The van der Waals surface area contributed by atoms with E-state index in [4.69, 9.17) is 16.3 Å². The SMILES string of the molecule is COCCN(CCCl)C(=O)c1cc(F)c(F)c(F)c1. The molecule has 0 saturated heterocycles. The molecule has 0 aliphatic heterocycles. The third-order valence-electron chi connectivity index (χ3n) is 2.44. The van der Waals surface area contributed by atoms with E-state index >= 15 is 0 Å². The van der Waals surface area contributed by atoms with E-state index in [0.29, 0.717) is 12.1 Å². The van der Waals surface area contributed by atoms with E-state index in [9.17, 15) is 18.0 Å². The maximum absolute atomic E-state index is 13.1. The zero-order valence-corrected chi connectivity index (χ0v) is 11.0. The highest BCUT2D eigenvalue weighted by molar-refractivity contribution is 6.18. The smallest absolute Gasteiger partial charge is 0.254 e. The lowest BCUT2D eigenvalue weighted by Gasteiger charge is -2.21. The van der Waals surface area contributed by atoms with Crippen LogP contribution in [0.5, 0.6) is 0 Å². The molecule has 0 aliphatic rings. The number of rotatable bonds is 6. The lowest BCUT2D eigenvalue weighted by molar-refractivity contribution is 0.0706. The fraction of sp³-hybridized carbons (Fsp3) is 0.417. The van der Waals surface area contributed by atoms with Gasteiger partial charge in [-0.25, -0.2) is 13.2 Å². The Morgan fingerprint density at radius 3 is 2.32 bits per heavy atom. The number of benzene rings is 1. The number of nitrogens with zero attached hydrogens (tertiary/aromatic N) is 1. The molecule has 0 aromatic heterocycles. The highest BCUT2D eigenvalue weighted by Gasteiger charge is 2.19. The molecule has 0 bridgehead atoms. The van der Waals surface area contributed by atoms with Crippen LogP contribution in [0.2, 0.25) is 0 Å². The Kier molecular flexibility index (Phi) is 6.11. The lowest BCUT2D eigenvalue weighted by atomic mass is 10.1. The van der Waals surface area contributed by atoms with E-state index in [-0.39, 0.29) is 31.1 Å². The molecule has 0 radical (unpaired) electrons. The first-order valence-electron chi connectivity index (χ1n) is 5.50. The van der Waals surface area contributed by atoms with E-state index in [0.717, 1.165) is 0 Å². The first kappa shape index (κ1) is 15.8. The van der Waals surface area contributed by atoms with Crippen LogP contribution in [0.15, 0.2) is 12.1 Å². The van der Waals surface area contributed by atoms with Gasteiger partial charge in [-0.2, -0.15) is 0 Å². The minimum atomic E-state index is -1.60. The van der Waals surface area contributed by atoms with Crippen molar-refractivity contribution in [1.82, 2.24) is 4.90 Å². The number of methoxy groups -OCH3 is 1. The summed E-state index contributed by atoms with van der Waals surface area (Å²) in [5, 5.41) is 0. The molecule has 19 heavy (non-hydrogen) atoms. The molecule has 0 N–H and O–H groups in total. The van der Waals surface area contributed by atoms with Gasteiger partial charge in [0, 0.05) is 31.6 Å². The predicted molar refractivity (Wildman–Crippen MR) is 64.8 cm³/mol. The summed E-state index contributed by atoms with van der Waals surface area (Å²) in [5.41, 5.74) is -0.266. The van der Waals surface area contributed by atoms with Crippen molar-refractivity contribution in [2.45, 2.75) is 0 Å². The van der Waals surface area contributed by atoms with Gasteiger partial charge in [0.05, 0.1) is 6.61 Å². The summed E-state index contributed by atoms with van der Waals surface area (Å²) < 4.78 is 43.8. The van der Waals surface area contributed by atoms with Crippen LogP contribution in [0.3, 0.4) is 0 Å². The first-order valence-corrected chi connectivity index (χ1v) is 6.03. The summed E-state index contributed by atoms with van der Waals surface area (Å²) in [6, 6.07) is 1.32. The Morgan fingerprint density at radius 2 is 1.84 bits per heavy atom. The van der Waals surface area contributed by atoms with Crippen molar-refractivity contribution in [3.63, 3.8) is 0 Å². The van der Waals surface area contributed by atoms with E-state index in [1.807, 2.05) is 0 Å². The minimum Gasteiger partial charge on any atom is -0.383 e. The van der Waals surface area contributed by atoms with Gasteiger partial charge >= 0.3 is 0 Å². The number of carbonyl (C=O) groups excluding carboxylic acids is 1. The minimum absolute atomic E-state index is 0.168. The molecule has 1 rings (SSSR count). The molecule has 0 atom stereocenters. The van der Waals surface area contributed by atoms with Gasteiger partial charge in [-0.3, -0.25) is 4.79 Å². The normalized spacial score (nSPS) is 10.6. The first-order chi connectivity index (χ1) is 9.01. The third kappa shape index (κ3) is 4.11. The topological polar surface area (TPSA) is 29.5 Å². The second kappa shape index (κ2) is 7.35. The van der Waals surface area contributed by atoms with Gasteiger partial charge in [0.15, 0.2) is 17.5 Å². The zero-order valence-electron chi connectivity index (χ0n) is 10.3. The molecule has 0 aliphatic carbocycles. The summed E-state index contributed by atoms with van der Waals surface area (Å²) in [4.78, 5) is 13.3. The van der Waals surface area contributed by atoms with Gasteiger partial charge in [0.1, 0.15) is 0 Å². The van der Waals surface area contributed by atoms with Gasteiger partial charge in [-0.05, 0) is 12.1 Å². The molecule has 0 heterocycles. The molecule has 3 nitrogen and oxygen atoms in total. The van der Waals surface area contributed by atoms with Gasteiger partial charge in [0.2, 0.25) is 0 Å². The number of halogens is 4. The Balaban J connectivity index is 2.95. The number of hydrogen-bond donors (Lipinski definition) is 0. The van der Waals surface area contributed by atoms with Gasteiger partial charge in [0.25, 0.3) is 5.91 Å². The fourth-order valence-electron chi connectivity index (χ4n) is 1.48. The van der Waals surface area contributed by atoms with Crippen molar-refractivity contribution < 1.29 is 22.7 Å². The molecule has 0 fully saturated rings. The summed E-state index contributed by atoms with van der Waals surface area (Å²) in [5.74, 6) is -4.86. The van der Waals surface area contributed by atoms with Crippen LogP contribution in [-0.2, 0) is 4.74 Å². The number of ether oxygens (including phenoxy) is 1. The summed E-state index contributed by atoms with van der Waals surface area (Å²) in [7, 11) is 1.46. The molecule has 1 amide bonds. The van der Waals surface area contributed by atoms with E-state index < -0.39 is 23.4 Å². The second-order valence-corrected chi connectivity index (χ2v) is 4.11. The average molecular weight is 296 g/mol. The largest absolute Gasteiger partial charge is 0.383 e. The summed E-state index contributed by atoms with van der Waals surface area (Å²) >= 11 is 5.55. The van der Waals surface area contributed by atoms with Crippen LogP contribution in [0, 0.1) is 17.5 Å². The van der Waals surface area contributed by atoms with Crippen molar-refractivity contribution >= 4 is 17.5 Å². The van der Waals surface area contributed by atoms with Crippen LogP contribution in [0.25, 0.3) is 0 Å². The molecule has 1 aromatic rings. The van der Waals surface area contributed by atoms with Crippen LogP contribution in [0.4, 0.5) is 13.2 Å². The number of hydrogen-bond acceptors (Lipinski definition) is 2. The number of alkyl halides is 1. The van der Waals surface area contributed by atoms with E-state index in [1.54, 1.807) is 0 Å². The maximum Gasteiger partial charge on any atom is 0.254 e. The number of carbonyl (C=O) groups is 1. The Hall–Kier alpha value is -1.27. The monoisotopic (exact) mass is 295 g/mol. The molecule has 7 heteroatoms. The molecule has 0 unspecified atom stereocenters. The van der Waals surface area contributed by atoms with Gasteiger partial charge < -0.3 is 9.64 Å². The Morgan fingerprint density at radius 1 is 1.26 bits per heavy atom. The molecular formula is C12H13ClF3NO2. The molecule has 106 valence electrons. The van der Waals surface area contributed by atoms with Crippen LogP contribution < -0.4 is 0 Å². The lowest BCUT2D eigenvalue weighted by Crippen LogP contribution is -2.35. The van der Waals surface area contributed by atoms with Gasteiger partial charge in [-0.1, -0.05) is 0 Å². The Labute approximate surface area is 113 Å². The third-order valence-corrected chi connectivity index (χ3v) is 2.61.